The van der Waals surface area contributed by atoms with E-state index in [4.69, 9.17) is 9.11 Å². The van der Waals surface area contributed by atoms with Gasteiger partial charge in [-0.3, -0.25) is 9.11 Å². The second kappa shape index (κ2) is 6.31. The summed E-state index contributed by atoms with van der Waals surface area (Å²) in [5.74, 6) is 0.912. The molecule has 0 amide bonds. The first kappa shape index (κ1) is 16.6. The minimum absolute atomic E-state index is 0.254. The minimum atomic E-state index is -3.94. The molecule has 0 heterocycles. The first-order chi connectivity index (χ1) is 8.16. The van der Waals surface area contributed by atoms with Crippen molar-refractivity contribution in [3.8, 4) is 0 Å². The standard InChI is InChI=1S/C8H16O6S4/c9-17(10,11)7-1-5-15-16-6-4-8(2-3-8)18(12,13)14/h1-7H2,(H,9,10,11)(H,12,13,14). The summed E-state index contributed by atoms with van der Waals surface area (Å²) in [6.45, 7) is 0. The topological polar surface area (TPSA) is 109 Å². The lowest BCUT2D eigenvalue weighted by Gasteiger charge is -2.10. The van der Waals surface area contributed by atoms with Crippen LogP contribution in [0.1, 0.15) is 25.7 Å². The minimum Gasteiger partial charge on any atom is -0.286 e. The van der Waals surface area contributed by atoms with Crippen LogP contribution in [0.4, 0.5) is 0 Å². The Morgan fingerprint density at radius 2 is 1.56 bits per heavy atom. The Bertz CT molecular complexity index is 464. The van der Waals surface area contributed by atoms with Crippen LogP contribution in [0.25, 0.3) is 0 Å². The van der Waals surface area contributed by atoms with E-state index in [1.54, 1.807) is 0 Å². The third-order valence-corrected chi connectivity index (χ3v) is 7.71. The Morgan fingerprint density at radius 3 is 2.00 bits per heavy atom. The summed E-state index contributed by atoms with van der Waals surface area (Å²) in [7, 11) is -4.94. The van der Waals surface area contributed by atoms with E-state index in [2.05, 4.69) is 0 Å². The Labute approximate surface area is 115 Å². The number of hydrogen-bond acceptors (Lipinski definition) is 6. The largest absolute Gasteiger partial charge is 0.286 e. The van der Waals surface area contributed by atoms with Crippen molar-refractivity contribution in [2.24, 2.45) is 0 Å². The molecule has 108 valence electrons. The van der Waals surface area contributed by atoms with Crippen LogP contribution in [0.2, 0.25) is 0 Å². The third-order valence-electron chi connectivity index (χ3n) is 2.71. The van der Waals surface area contributed by atoms with Gasteiger partial charge in [0.15, 0.2) is 0 Å². The van der Waals surface area contributed by atoms with Gasteiger partial charge in [-0.25, -0.2) is 0 Å². The van der Waals surface area contributed by atoms with Gasteiger partial charge in [0.05, 0.1) is 10.5 Å². The fourth-order valence-corrected chi connectivity index (χ4v) is 5.50. The van der Waals surface area contributed by atoms with Crippen LogP contribution in [-0.2, 0) is 20.2 Å². The molecule has 0 aromatic heterocycles. The monoisotopic (exact) mass is 336 g/mol. The molecule has 0 radical (unpaired) electrons. The summed E-state index contributed by atoms with van der Waals surface area (Å²) in [4.78, 5) is 0. The third kappa shape index (κ3) is 5.66. The van der Waals surface area contributed by atoms with E-state index in [0.717, 1.165) is 0 Å². The lowest BCUT2D eigenvalue weighted by atomic mass is 10.3. The van der Waals surface area contributed by atoms with Crippen LogP contribution in [-0.4, -0.2) is 47.9 Å². The molecule has 0 spiro atoms. The van der Waals surface area contributed by atoms with Crippen molar-refractivity contribution in [2.45, 2.75) is 30.4 Å². The van der Waals surface area contributed by atoms with Crippen molar-refractivity contribution < 1.29 is 25.9 Å². The number of rotatable bonds is 9. The van der Waals surface area contributed by atoms with Gasteiger partial charge in [0.25, 0.3) is 20.2 Å². The molecular formula is C8H16O6S4. The summed E-state index contributed by atoms with van der Waals surface area (Å²) >= 11 is 0. The maximum atomic E-state index is 11.0. The van der Waals surface area contributed by atoms with Crippen molar-refractivity contribution in [3.63, 3.8) is 0 Å². The second-order valence-corrected chi connectivity index (χ2v) is 10.3. The van der Waals surface area contributed by atoms with Gasteiger partial charge in [-0.2, -0.15) is 16.8 Å². The van der Waals surface area contributed by atoms with E-state index in [-0.39, 0.29) is 5.75 Å². The Hall–Kier alpha value is 0.520. The smallest absolute Gasteiger partial charge is 0.270 e. The van der Waals surface area contributed by atoms with Gasteiger partial charge < -0.3 is 0 Å². The first-order valence-electron chi connectivity index (χ1n) is 5.33. The van der Waals surface area contributed by atoms with Crippen molar-refractivity contribution in [2.75, 3.05) is 17.3 Å². The molecule has 1 saturated carbocycles. The van der Waals surface area contributed by atoms with Gasteiger partial charge in [-0.1, -0.05) is 21.6 Å². The Morgan fingerprint density at radius 1 is 1.00 bits per heavy atom. The molecule has 0 saturated heterocycles. The highest BCUT2D eigenvalue weighted by Gasteiger charge is 2.53. The van der Waals surface area contributed by atoms with Gasteiger partial charge in [0, 0.05) is 11.5 Å². The lowest BCUT2D eigenvalue weighted by Crippen LogP contribution is -2.22. The maximum Gasteiger partial charge on any atom is 0.270 e. The summed E-state index contributed by atoms with van der Waals surface area (Å²) in [5.41, 5.74) is 0. The molecule has 0 aromatic carbocycles. The predicted molar refractivity (Wildman–Crippen MR) is 74.1 cm³/mol. The Kier molecular flexibility index (Phi) is 5.81. The van der Waals surface area contributed by atoms with E-state index in [9.17, 15) is 16.8 Å². The summed E-state index contributed by atoms with van der Waals surface area (Å²) in [6.07, 6.45) is 1.81. The lowest BCUT2D eigenvalue weighted by molar-refractivity contribution is 0.461. The highest BCUT2D eigenvalue weighted by molar-refractivity contribution is 8.76. The molecule has 1 rings (SSSR count). The van der Waals surface area contributed by atoms with Crippen molar-refractivity contribution in [1.29, 1.82) is 0 Å². The van der Waals surface area contributed by atoms with Gasteiger partial charge in [0.1, 0.15) is 0 Å². The van der Waals surface area contributed by atoms with E-state index in [1.165, 1.54) is 21.6 Å². The van der Waals surface area contributed by atoms with Crippen molar-refractivity contribution >= 4 is 41.8 Å². The molecule has 18 heavy (non-hydrogen) atoms. The summed E-state index contributed by atoms with van der Waals surface area (Å²) < 4.78 is 59.5. The molecule has 6 nitrogen and oxygen atoms in total. The zero-order chi connectivity index (χ0) is 13.9. The zero-order valence-electron chi connectivity index (χ0n) is 9.61. The first-order valence-corrected chi connectivity index (χ1v) is 10.9. The molecule has 1 aliphatic rings. The van der Waals surface area contributed by atoms with Gasteiger partial charge in [-0.05, 0) is 25.7 Å². The van der Waals surface area contributed by atoms with Crippen LogP contribution in [0.3, 0.4) is 0 Å². The molecule has 0 atom stereocenters. The van der Waals surface area contributed by atoms with Gasteiger partial charge in [-0.15, -0.1) is 0 Å². The maximum absolute atomic E-state index is 11.0. The average Bonchev–Trinajstić information content (AvgIpc) is 2.94. The molecule has 1 fully saturated rings. The van der Waals surface area contributed by atoms with Gasteiger partial charge in [0.2, 0.25) is 0 Å². The van der Waals surface area contributed by atoms with Crippen molar-refractivity contribution in [1.82, 2.24) is 0 Å². The quantitative estimate of drug-likeness (QED) is 0.370. The fourth-order valence-electron chi connectivity index (χ4n) is 1.42. The summed E-state index contributed by atoms with van der Waals surface area (Å²) in [6, 6.07) is 0. The van der Waals surface area contributed by atoms with E-state index >= 15 is 0 Å². The average molecular weight is 336 g/mol. The predicted octanol–water partition coefficient (Wildman–Crippen LogP) is 1.46. The molecule has 1 aliphatic carbocycles. The molecule has 0 unspecified atom stereocenters. The molecular weight excluding hydrogens is 320 g/mol. The SMILES string of the molecule is O=S(=O)(O)CCCSSCCC1(S(=O)(=O)O)CC1. The van der Waals surface area contributed by atoms with Crippen molar-refractivity contribution in [3.05, 3.63) is 0 Å². The van der Waals surface area contributed by atoms with Crippen LogP contribution in [0.5, 0.6) is 0 Å². The van der Waals surface area contributed by atoms with Crippen LogP contribution in [0, 0.1) is 0 Å². The summed E-state index contributed by atoms with van der Waals surface area (Å²) in [5, 5.41) is 0. The Balaban J connectivity index is 2.07. The number of hydrogen-bond donors (Lipinski definition) is 2. The zero-order valence-corrected chi connectivity index (χ0v) is 12.9. The van der Waals surface area contributed by atoms with E-state index < -0.39 is 25.0 Å². The highest BCUT2D eigenvalue weighted by atomic mass is 33.1. The van der Waals surface area contributed by atoms with Gasteiger partial charge >= 0.3 is 0 Å². The second-order valence-electron chi connectivity index (χ2n) is 4.19. The fraction of sp³-hybridized carbons (Fsp3) is 1.00. The molecule has 0 bridgehead atoms. The molecule has 2 N–H and O–H groups in total. The molecule has 10 heteroatoms. The molecule has 0 aromatic rings. The normalized spacial score (nSPS) is 18.8. The van der Waals surface area contributed by atoms with E-state index in [1.807, 2.05) is 0 Å². The highest BCUT2D eigenvalue weighted by Crippen LogP contribution is 2.47. The van der Waals surface area contributed by atoms with E-state index in [0.29, 0.717) is 37.2 Å². The van der Waals surface area contributed by atoms with Crippen LogP contribution < -0.4 is 0 Å². The van der Waals surface area contributed by atoms with Crippen LogP contribution >= 0.6 is 21.6 Å². The van der Waals surface area contributed by atoms with Crippen LogP contribution in [0.15, 0.2) is 0 Å². The molecule has 0 aliphatic heterocycles.